The zero-order chi connectivity index (χ0) is 14.4. The lowest BCUT2D eigenvalue weighted by Gasteiger charge is -2.09. The van der Waals surface area contributed by atoms with Crippen LogP contribution in [0.1, 0.15) is 15.9 Å². The molecule has 0 aliphatic rings. The van der Waals surface area contributed by atoms with Crippen molar-refractivity contribution < 1.29 is 4.79 Å². The molecule has 2 N–H and O–H groups in total. The van der Waals surface area contributed by atoms with Crippen molar-refractivity contribution >= 4 is 17.3 Å². The van der Waals surface area contributed by atoms with E-state index in [1.165, 1.54) is 0 Å². The van der Waals surface area contributed by atoms with Crippen molar-refractivity contribution in [2.45, 2.75) is 6.92 Å². The highest BCUT2D eigenvalue weighted by atomic mass is 16.1. The molecule has 0 spiro atoms. The highest BCUT2D eigenvalue weighted by Crippen LogP contribution is 2.15. The van der Waals surface area contributed by atoms with Gasteiger partial charge < -0.3 is 10.6 Å². The number of benzene rings is 2. The van der Waals surface area contributed by atoms with Gasteiger partial charge in [-0.2, -0.15) is 0 Å². The Morgan fingerprint density at radius 3 is 2.40 bits per heavy atom. The van der Waals surface area contributed by atoms with Gasteiger partial charge in [-0.1, -0.05) is 24.3 Å². The molecule has 0 bridgehead atoms. The van der Waals surface area contributed by atoms with Gasteiger partial charge in [-0.05, 0) is 42.8 Å². The molecule has 2 rings (SSSR count). The van der Waals surface area contributed by atoms with Gasteiger partial charge >= 0.3 is 0 Å². The Kier molecular flexibility index (Phi) is 4.56. The molecule has 0 aromatic heterocycles. The van der Waals surface area contributed by atoms with E-state index in [1.807, 2.05) is 55.5 Å². The van der Waals surface area contributed by atoms with Crippen molar-refractivity contribution in [2.75, 3.05) is 17.2 Å². The molecular weight excluding hydrogens is 248 g/mol. The van der Waals surface area contributed by atoms with E-state index in [9.17, 15) is 4.79 Å². The van der Waals surface area contributed by atoms with Crippen LogP contribution in [0.5, 0.6) is 0 Å². The van der Waals surface area contributed by atoms with Crippen LogP contribution in [-0.2, 0) is 0 Å². The first-order valence-corrected chi connectivity index (χ1v) is 6.52. The molecule has 0 heterocycles. The Hall–Kier alpha value is -2.55. The number of hydrogen-bond acceptors (Lipinski definition) is 2. The normalized spacial score (nSPS) is 9.85. The van der Waals surface area contributed by atoms with Crippen LogP contribution < -0.4 is 10.6 Å². The number of amides is 1. The smallest absolute Gasteiger partial charge is 0.255 e. The average Bonchev–Trinajstić information content (AvgIpc) is 2.47. The van der Waals surface area contributed by atoms with E-state index in [0.717, 1.165) is 23.5 Å². The van der Waals surface area contributed by atoms with Crippen LogP contribution in [0.25, 0.3) is 0 Å². The number of anilines is 2. The molecule has 1 amide bonds. The standard InChI is InChI=1S/C17H18N2O/c1-3-12-18-14-8-10-15(11-9-14)19-17(20)16-7-5-4-6-13(16)2/h3-11,18H,1,12H2,2H3,(H,19,20). The summed E-state index contributed by atoms with van der Waals surface area (Å²) in [6, 6.07) is 15.1. The van der Waals surface area contributed by atoms with E-state index in [-0.39, 0.29) is 5.91 Å². The van der Waals surface area contributed by atoms with Crippen molar-refractivity contribution in [1.82, 2.24) is 0 Å². The van der Waals surface area contributed by atoms with Crippen molar-refractivity contribution in [2.24, 2.45) is 0 Å². The number of carbonyl (C=O) groups is 1. The fraction of sp³-hybridized carbons (Fsp3) is 0.118. The van der Waals surface area contributed by atoms with Gasteiger partial charge in [0.25, 0.3) is 5.91 Å². The molecule has 3 nitrogen and oxygen atoms in total. The molecule has 102 valence electrons. The second kappa shape index (κ2) is 6.57. The van der Waals surface area contributed by atoms with E-state index in [2.05, 4.69) is 17.2 Å². The van der Waals surface area contributed by atoms with Crippen LogP contribution in [0.15, 0.2) is 61.2 Å². The van der Waals surface area contributed by atoms with E-state index in [0.29, 0.717) is 5.56 Å². The lowest BCUT2D eigenvalue weighted by Crippen LogP contribution is -2.13. The number of carbonyl (C=O) groups excluding carboxylic acids is 1. The van der Waals surface area contributed by atoms with Gasteiger partial charge in [0, 0.05) is 23.5 Å². The number of nitrogens with one attached hydrogen (secondary N) is 2. The summed E-state index contributed by atoms with van der Waals surface area (Å²) in [4.78, 5) is 12.2. The average molecular weight is 266 g/mol. The molecule has 0 radical (unpaired) electrons. The zero-order valence-electron chi connectivity index (χ0n) is 11.5. The van der Waals surface area contributed by atoms with Crippen LogP contribution in [0.4, 0.5) is 11.4 Å². The Balaban J connectivity index is 2.05. The molecule has 2 aromatic rings. The number of hydrogen-bond donors (Lipinski definition) is 2. The molecule has 0 aliphatic heterocycles. The lowest BCUT2D eigenvalue weighted by molar-refractivity contribution is 0.102. The first-order valence-electron chi connectivity index (χ1n) is 6.52. The molecule has 0 fully saturated rings. The van der Waals surface area contributed by atoms with Gasteiger partial charge in [0.15, 0.2) is 0 Å². The summed E-state index contributed by atoms with van der Waals surface area (Å²) in [5, 5.41) is 6.08. The Labute approximate surface area is 119 Å². The Morgan fingerprint density at radius 1 is 1.10 bits per heavy atom. The van der Waals surface area contributed by atoms with Gasteiger partial charge in [-0.3, -0.25) is 4.79 Å². The number of rotatable bonds is 5. The molecule has 20 heavy (non-hydrogen) atoms. The zero-order valence-corrected chi connectivity index (χ0v) is 11.5. The maximum absolute atomic E-state index is 12.2. The molecule has 0 aliphatic carbocycles. The first kappa shape index (κ1) is 13.9. The van der Waals surface area contributed by atoms with E-state index >= 15 is 0 Å². The predicted molar refractivity (Wildman–Crippen MR) is 84.3 cm³/mol. The van der Waals surface area contributed by atoms with Gasteiger partial charge in [0.2, 0.25) is 0 Å². The van der Waals surface area contributed by atoms with Crippen LogP contribution >= 0.6 is 0 Å². The fourth-order valence-corrected chi connectivity index (χ4v) is 1.89. The molecule has 3 heteroatoms. The SMILES string of the molecule is C=CCNc1ccc(NC(=O)c2ccccc2C)cc1. The number of aryl methyl sites for hydroxylation is 1. The van der Waals surface area contributed by atoms with Crippen molar-refractivity contribution in [3.8, 4) is 0 Å². The Bertz CT molecular complexity index is 603. The van der Waals surface area contributed by atoms with Gasteiger partial charge in [0.05, 0.1) is 0 Å². The summed E-state index contributed by atoms with van der Waals surface area (Å²) in [6.45, 7) is 6.30. The molecule has 0 atom stereocenters. The molecule has 0 unspecified atom stereocenters. The summed E-state index contributed by atoms with van der Waals surface area (Å²) >= 11 is 0. The minimum absolute atomic E-state index is 0.0881. The quantitative estimate of drug-likeness (QED) is 0.807. The van der Waals surface area contributed by atoms with Crippen LogP contribution in [0.2, 0.25) is 0 Å². The summed E-state index contributed by atoms with van der Waals surface area (Å²) in [6.07, 6.45) is 1.80. The van der Waals surface area contributed by atoms with Crippen molar-refractivity contribution in [3.05, 3.63) is 72.3 Å². The van der Waals surface area contributed by atoms with E-state index in [4.69, 9.17) is 0 Å². The maximum atomic E-state index is 12.2. The predicted octanol–water partition coefficient (Wildman–Crippen LogP) is 3.85. The third-order valence-electron chi connectivity index (χ3n) is 2.98. The maximum Gasteiger partial charge on any atom is 0.255 e. The van der Waals surface area contributed by atoms with E-state index in [1.54, 1.807) is 6.08 Å². The third kappa shape index (κ3) is 3.48. The van der Waals surface area contributed by atoms with Crippen molar-refractivity contribution in [3.63, 3.8) is 0 Å². The fourth-order valence-electron chi connectivity index (χ4n) is 1.89. The highest BCUT2D eigenvalue weighted by molar-refractivity contribution is 6.05. The highest BCUT2D eigenvalue weighted by Gasteiger charge is 2.08. The summed E-state index contributed by atoms with van der Waals surface area (Å²) in [5.74, 6) is -0.0881. The molecule has 0 saturated heterocycles. The minimum atomic E-state index is -0.0881. The first-order chi connectivity index (χ1) is 9.70. The van der Waals surface area contributed by atoms with Gasteiger partial charge in [-0.25, -0.2) is 0 Å². The van der Waals surface area contributed by atoms with Gasteiger partial charge in [0.1, 0.15) is 0 Å². The monoisotopic (exact) mass is 266 g/mol. The lowest BCUT2D eigenvalue weighted by atomic mass is 10.1. The molecule has 2 aromatic carbocycles. The van der Waals surface area contributed by atoms with E-state index < -0.39 is 0 Å². The topological polar surface area (TPSA) is 41.1 Å². The summed E-state index contributed by atoms with van der Waals surface area (Å²) < 4.78 is 0. The summed E-state index contributed by atoms with van der Waals surface area (Å²) in [5.41, 5.74) is 3.44. The molecular formula is C17H18N2O. The second-order valence-corrected chi connectivity index (χ2v) is 4.52. The summed E-state index contributed by atoms with van der Waals surface area (Å²) in [7, 11) is 0. The van der Waals surface area contributed by atoms with Crippen molar-refractivity contribution in [1.29, 1.82) is 0 Å². The van der Waals surface area contributed by atoms with Crippen LogP contribution in [0, 0.1) is 6.92 Å². The largest absolute Gasteiger partial charge is 0.382 e. The Morgan fingerprint density at radius 2 is 1.75 bits per heavy atom. The van der Waals surface area contributed by atoms with Crippen LogP contribution in [-0.4, -0.2) is 12.5 Å². The van der Waals surface area contributed by atoms with Crippen LogP contribution in [0.3, 0.4) is 0 Å². The molecule has 0 saturated carbocycles. The third-order valence-corrected chi connectivity index (χ3v) is 2.98. The minimum Gasteiger partial charge on any atom is -0.382 e. The van der Waals surface area contributed by atoms with Gasteiger partial charge in [-0.15, -0.1) is 6.58 Å². The second-order valence-electron chi connectivity index (χ2n) is 4.52.